The Morgan fingerprint density at radius 1 is 0.663 bits per heavy atom. The van der Waals surface area contributed by atoms with Gasteiger partial charge in [-0.2, -0.15) is 0 Å². The number of H-pyrrole nitrogens is 1. The van der Waals surface area contributed by atoms with Crippen molar-refractivity contribution < 1.29 is 87.5 Å². The number of aliphatic hydroxyl groups is 1. The highest BCUT2D eigenvalue weighted by molar-refractivity contribution is 8.76. The molecule has 37 heteroatoms. The Hall–Kier alpha value is -10.7. The van der Waals surface area contributed by atoms with Gasteiger partial charge in [-0.15, -0.1) is 0 Å². The minimum absolute atomic E-state index is 0.0360. The number of carbonyl (C=O) groups is 14. The number of carbonyl (C=O) groups excluding carboxylic acids is 13. The number of amides is 13. The summed E-state index contributed by atoms with van der Waals surface area (Å²) in [7, 11) is 1.67. The number of aliphatic hydroxyl groups excluding tert-OH is 1. The van der Waals surface area contributed by atoms with Crippen molar-refractivity contribution in [3.05, 3.63) is 95.7 Å². The number of benzene rings is 3. The van der Waals surface area contributed by atoms with E-state index in [9.17, 15) is 82.8 Å². The Balaban J connectivity index is 1.41. The van der Waals surface area contributed by atoms with E-state index in [1.54, 1.807) is 44.3 Å². The molecule has 0 bridgehead atoms. The number of aliphatic carboxylic acids is 1. The number of fused-ring (bicyclic) bond motifs is 1. The number of hydrogen-bond acceptors (Lipinski definition) is 20. The first kappa shape index (κ1) is 82.3. The fourth-order valence-electron chi connectivity index (χ4n) is 11.3. The van der Waals surface area contributed by atoms with Crippen molar-refractivity contribution in [2.75, 3.05) is 37.7 Å². The average Bonchev–Trinajstić information content (AvgIpc) is 1.66. The summed E-state index contributed by atoms with van der Waals surface area (Å²) in [5, 5.41) is 76.5. The number of likely N-dealkylation sites (tertiary alicyclic amines) is 1. The van der Waals surface area contributed by atoms with Gasteiger partial charge in [-0.25, -0.2) is 0 Å². The van der Waals surface area contributed by atoms with Crippen LogP contribution in [0.2, 0.25) is 0 Å². The molecule has 0 aliphatic carbocycles. The summed E-state index contributed by atoms with van der Waals surface area (Å²) in [6.45, 7) is 2.38. The molecule has 10 atom stereocenters. The third-order valence-electron chi connectivity index (χ3n) is 16.9. The minimum atomic E-state index is -1.75. The lowest BCUT2D eigenvalue weighted by molar-refractivity contribution is -0.140. The molecule has 1 aromatic heterocycles. The van der Waals surface area contributed by atoms with Crippen molar-refractivity contribution in [1.82, 2.24) is 68.4 Å². The maximum absolute atomic E-state index is 15.0. The smallest absolute Gasteiger partial charge is 0.303 e. The molecule has 564 valence electrons. The molecule has 35 nitrogen and oxygen atoms in total. The Kier molecular flexibility index (Phi) is 32.3. The number of aromatic nitrogens is 1. The van der Waals surface area contributed by atoms with E-state index in [2.05, 4.69) is 63.5 Å². The van der Waals surface area contributed by atoms with Gasteiger partial charge in [0.05, 0.1) is 6.61 Å². The maximum Gasteiger partial charge on any atom is 0.303 e. The molecule has 13 amide bonds. The molecule has 23 N–H and O–H groups in total. The molecule has 0 saturated carbocycles. The van der Waals surface area contributed by atoms with Crippen molar-refractivity contribution in [2.45, 2.75) is 158 Å². The van der Waals surface area contributed by atoms with Gasteiger partial charge in [0, 0.05) is 93.2 Å². The Morgan fingerprint density at radius 3 is 1.88 bits per heavy atom. The van der Waals surface area contributed by atoms with E-state index < -0.39 is 212 Å². The van der Waals surface area contributed by atoms with E-state index in [4.69, 9.17) is 22.6 Å². The number of carboxylic acids is 1. The monoisotopic (exact) mass is 1490 g/mol. The van der Waals surface area contributed by atoms with Gasteiger partial charge >= 0.3 is 5.97 Å². The molecule has 2 aliphatic rings. The summed E-state index contributed by atoms with van der Waals surface area (Å²) < 4.78 is 0. The third kappa shape index (κ3) is 26.3. The minimum Gasteiger partial charge on any atom is -0.508 e. The highest BCUT2D eigenvalue weighted by Gasteiger charge is 2.39. The number of para-hydroxylation sites is 1. The van der Waals surface area contributed by atoms with Crippen molar-refractivity contribution in [2.24, 2.45) is 23.1 Å². The second kappa shape index (κ2) is 40.8. The number of rotatable bonds is 24. The largest absolute Gasteiger partial charge is 0.508 e. The number of guanidine groups is 1. The predicted octanol–water partition coefficient (Wildman–Crippen LogP) is -3.22. The lowest BCUT2D eigenvalue weighted by atomic mass is 10.00. The summed E-state index contributed by atoms with van der Waals surface area (Å²) in [5.41, 5.74) is 18.7. The molecule has 3 heterocycles. The standard InChI is InChI=1S/C67H91N17O18S2/c1-35(2)56-66(102)80-47(30-37-13-17-40(87)18-14-37)61(97)76-43(9-5-25-73-67(70)71)58(94)72-26-23-53(89)75-44(19-21-52(68)88)59(95)78-48(31-38-32-74-42-8-4-3-7-41(38)42)63(99)77-45(20-22-55(91)92)60(96)81-49(57(69)93)33-103-104-34-50(64(100)83-56)82-62(98)46(29-36-11-15-39(86)16-12-36)79-65(101)51-10-6-27-84(51)54(90)24-28-85/h3-4,7-8,11-18,32,35,43-51,56,74,85-87H,5-6,9-10,19-31,33-34H2,1-2H3,(H2,68,88)(H2,69,93)(H,72,94)(H,75,89)(H,76,97)(H,77,99)(H,78,95)(H,79,101)(H,80,102)(H,81,96)(H,82,98)(H,83,100)(H,91,92)(H4,70,71,73)/t43-,44-,45-,46-,47-,48-,49+,50-,51-,56-/m0/s1. The molecular formula is C67H91N17O18S2. The van der Waals surface area contributed by atoms with Gasteiger partial charge in [0.15, 0.2) is 5.96 Å². The van der Waals surface area contributed by atoms with Gasteiger partial charge in [0.25, 0.3) is 0 Å². The van der Waals surface area contributed by atoms with E-state index >= 15 is 4.79 Å². The maximum atomic E-state index is 15.0. The zero-order chi connectivity index (χ0) is 76.2. The molecule has 0 spiro atoms. The normalized spacial score (nSPS) is 22.2. The summed E-state index contributed by atoms with van der Waals surface area (Å²) in [6.07, 6.45) is -1.76. The molecule has 0 unspecified atom stereocenters. The van der Waals surface area contributed by atoms with E-state index in [0.717, 1.165) is 21.6 Å². The van der Waals surface area contributed by atoms with Gasteiger partial charge in [-0.3, -0.25) is 72.5 Å². The van der Waals surface area contributed by atoms with Gasteiger partial charge in [0.2, 0.25) is 76.8 Å². The molecule has 2 aliphatic heterocycles. The summed E-state index contributed by atoms with van der Waals surface area (Å²) >= 11 is 0. The van der Waals surface area contributed by atoms with Crippen LogP contribution in [-0.2, 0) is 86.4 Å². The molecule has 3 aromatic carbocycles. The summed E-state index contributed by atoms with van der Waals surface area (Å²) in [4.78, 5) is 200. The Labute approximate surface area is 605 Å². The molecule has 4 aromatic rings. The Bertz CT molecular complexity index is 3730. The molecular weight excluding hydrogens is 1390 g/mol. The van der Waals surface area contributed by atoms with Crippen LogP contribution in [0.15, 0.2) is 79.0 Å². The van der Waals surface area contributed by atoms with Crippen LogP contribution in [0.25, 0.3) is 10.9 Å². The first-order valence-corrected chi connectivity index (χ1v) is 36.1. The second-order valence-electron chi connectivity index (χ2n) is 25.2. The van der Waals surface area contributed by atoms with E-state index in [1.807, 2.05) is 0 Å². The van der Waals surface area contributed by atoms with Crippen molar-refractivity contribution in [3.8, 4) is 11.5 Å². The topological polar surface area (TPSA) is 573 Å². The number of primary amides is 2. The van der Waals surface area contributed by atoms with Crippen LogP contribution >= 0.6 is 21.6 Å². The number of aromatic amines is 1. The zero-order valence-corrected chi connectivity index (χ0v) is 58.9. The van der Waals surface area contributed by atoms with Gasteiger partial charge < -0.3 is 106 Å². The van der Waals surface area contributed by atoms with E-state index in [0.29, 0.717) is 34.0 Å². The van der Waals surface area contributed by atoms with Gasteiger partial charge in [-0.1, -0.05) is 77.9 Å². The van der Waals surface area contributed by atoms with Crippen LogP contribution < -0.4 is 75.7 Å². The number of phenols is 2. The van der Waals surface area contributed by atoms with Crippen LogP contribution in [0.5, 0.6) is 11.5 Å². The predicted molar refractivity (Wildman–Crippen MR) is 380 cm³/mol. The fourth-order valence-corrected chi connectivity index (χ4v) is 13.7. The molecule has 2 saturated heterocycles. The number of carboxylic acid groups (broad SMARTS) is 1. The van der Waals surface area contributed by atoms with Crippen molar-refractivity contribution in [3.63, 3.8) is 0 Å². The number of nitrogens with zero attached hydrogens (tertiary/aromatic N) is 1. The number of aromatic hydroxyl groups is 2. The van der Waals surface area contributed by atoms with Crippen molar-refractivity contribution >= 4 is 121 Å². The molecule has 6 rings (SSSR count). The molecule has 2 fully saturated rings. The number of nitrogens with two attached hydrogens (primary N) is 3. The number of hydrogen-bond donors (Lipinski definition) is 20. The van der Waals surface area contributed by atoms with Crippen molar-refractivity contribution in [1.29, 1.82) is 5.41 Å². The first-order chi connectivity index (χ1) is 49.5. The number of nitrogens with one attached hydrogen (secondary N) is 13. The summed E-state index contributed by atoms with van der Waals surface area (Å²) in [6, 6.07) is 2.71. The lowest BCUT2D eigenvalue weighted by Gasteiger charge is -2.29. The fraction of sp³-hybridized carbons (Fsp3) is 0.478. The summed E-state index contributed by atoms with van der Waals surface area (Å²) in [5.74, 6) is -15.8. The van der Waals surface area contributed by atoms with Crippen LogP contribution in [0.3, 0.4) is 0 Å². The quantitative estimate of drug-likeness (QED) is 0.0142. The highest BCUT2D eigenvalue weighted by Crippen LogP contribution is 2.26. The third-order valence-corrected chi connectivity index (χ3v) is 19.3. The van der Waals surface area contributed by atoms with Crippen LogP contribution in [-0.4, -0.2) is 217 Å². The van der Waals surface area contributed by atoms with Crippen LogP contribution in [0, 0.1) is 11.3 Å². The van der Waals surface area contributed by atoms with Gasteiger partial charge in [-0.05, 0) is 91.5 Å². The SMILES string of the molecule is CC(C)[C@@H]1NC(=O)[C@@H](NC(=O)[C@H](Cc2ccc(O)cc2)NC(=O)[C@@H]2CCCN2C(=O)CCO)CSSC[C@H](C(N)=O)NC(=O)[C@H](CCC(=O)O)NC(=O)[C@H](Cc2c[nH]c3ccccc23)NC(=O)[C@H](CCC(N)=O)NC(=O)CCNC(=O)[C@H](CCCNC(=N)N)NC(=O)[C@H](Cc2ccc(O)cc2)NC1=O. The first-order valence-electron chi connectivity index (χ1n) is 33.6. The van der Waals surface area contributed by atoms with Gasteiger partial charge in [0.1, 0.15) is 71.9 Å². The van der Waals surface area contributed by atoms with E-state index in [1.165, 1.54) is 53.4 Å². The molecule has 104 heavy (non-hydrogen) atoms. The molecule has 0 radical (unpaired) electrons. The average molecular weight is 1490 g/mol. The van der Waals surface area contributed by atoms with Crippen LogP contribution in [0.4, 0.5) is 0 Å². The van der Waals surface area contributed by atoms with Crippen LogP contribution in [0.1, 0.15) is 94.7 Å². The van der Waals surface area contributed by atoms with E-state index in [-0.39, 0.29) is 69.5 Å². The lowest BCUT2D eigenvalue weighted by Crippen LogP contribution is -2.61. The number of phenolic OH excluding ortho intramolecular Hbond substituents is 2. The Morgan fingerprint density at radius 2 is 1.25 bits per heavy atom. The second-order valence-corrected chi connectivity index (χ2v) is 27.8. The highest BCUT2D eigenvalue weighted by atomic mass is 33.1. The zero-order valence-electron chi connectivity index (χ0n) is 57.3.